The third-order valence-corrected chi connectivity index (χ3v) is 6.71. The summed E-state index contributed by atoms with van der Waals surface area (Å²) in [4.78, 5) is 35.6. The van der Waals surface area contributed by atoms with Gasteiger partial charge in [-0.3, -0.25) is 14.0 Å². The summed E-state index contributed by atoms with van der Waals surface area (Å²) in [6.45, 7) is 4.57. The number of aromatic nitrogens is 2. The molecule has 5 rings (SSSR count). The Hall–Kier alpha value is -4.55. The highest BCUT2D eigenvalue weighted by Gasteiger charge is 2.24. The number of aryl methyl sites for hydroxylation is 1. The molecule has 4 heterocycles. The van der Waals surface area contributed by atoms with E-state index in [4.69, 9.17) is 21.0 Å². The molecule has 1 aliphatic rings. The minimum absolute atomic E-state index is 0.122. The highest BCUT2D eigenvalue weighted by Crippen LogP contribution is 2.25. The van der Waals surface area contributed by atoms with E-state index in [1.54, 1.807) is 24.4 Å². The third-order valence-electron chi connectivity index (χ3n) is 6.47. The number of nitrogens with zero attached hydrogens (tertiary/aromatic N) is 5. The van der Waals surface area contributed by atoms with E-state index in [0.29, 0.717) is 48.4 Å². The number of carbonyl (C=O) groups excluding carboxylic acids is 1. The van der Waals surface area contributed by atoms with Crippen LogP contribution < -0.4 is 20.7 Å². The molecule has 0 radical (unpaired) electrons. The number of anilines is 2. The molecule has 0 aliphatic carbocycles. The zero-order chi connectivity index (χ0) is 26.6. The Morgan fingerprint density at radius 3 is 2.66 bits per heavy atom. The number of piperazine rings is 1. The van der Waals surface area contributed by atoms with Gasteiger partial charge in [0.2, 0.25) is 0 Å². The Morgan fingerprint density at radius 1 is 1.16 bits per heavy atom. The molecule has 0 saturated carbocycles. The van der Waals surface area contributed by atoms with E-state index < -0.39 is 5.91 Å². The number of rotatable bonds is 6. The first-order valence-electron chi connectivity index (χ1n) is 12.1. The fraction of sp³-hybridized carbons (Fsp3) is 0.214. The van der Waals surface area contributed by atoms with Crippen LogP contribution in [0.15, 0.2) is 75.8 Å². The van der Waals surface area contributed by atoms with Crippen LogP contribution >= 0.6 is 11.6 Å². The number of nitrogens with one attached hydrogen (secondary N) is 1. The molecule has 1 N–H and O–H groups in total. The van der Waals surface area contributed by atoms with Crippen LogP contribution in [0.2, 0.25) is 5.02 Å². The number of nitriles is 1. The molecule has 0 bridgehead atoms. The molecular formula is C28H25ClN6O3. The molecule has 1 fully saturated rings. The molecule has 0 unspecified atom stereocenters. The monoisotopic (exact) mass is 528 g/mol. The van der Waals surface area contributed by atoms with Gasteiger partial charge in [-0.1, -0.05) is 23.7 Å². The van der Waals surface area contributed by atoms with Crippen LogP contribution in [-0.4, -0.2) is 41.5 Å². The molecule has 38 heavy (non-hydrogen) atoms. The summed E-state index contributed by atoms with van der Waals surface area (Å²) in [6.07, 6.45) is 4.48. The lowest BCUT2D eigenvalue weighted by atomic mass is 10.1. The van der Waals surface area contributed by atoms with Crippen molar-refractivity contribution in [3.05, 3.63) is 98.8 Å². The van der Waals surface area contributed by atoms with Crippen molar-refractivity contribution in [2.45, 2.75) is 13.5 Å². The van der Waals surface area contributed by atoms with Gasteiger partial charge in [0.1, 0.15) is 28.9 Å². The Bertz CT molecular complexity index is 1610. The maximum Gasteiger partial charge on any atom is 0.267 e. The normalized spacial score (nSPS) is 14.0. The molecule has 3 aromatic heterocycles. The van der Waals surface area contributed by atoms with Crippen molar-refractivity contribution in [1.82, 2.24) is 14.7 Å². The summed E-state index contributed by atoms with van der Waals surface area (Å²) in [5, 5.41) is 13.1. The molecule has 192 valence electrons. The maximum atomic E-state index is 13.7. The lowest BCUT2D eigenvalue weighted by Crippen LogP contribution is -2.47. The average molecular weight is 529 g/mol. The fourth-order valence-corrected chi connectivity index (χ4v) is 4.67. The number of amides is 1. The number of halogens is 1. The first-order chi connectivity index (χ1) is 18.4. The standard InChI is InChI=1S/C28H25ClN6O3/c1-19-5-3-9-35-25(19)32-26(34-12-10-33(11-13-34)22-7-2-6-21(29)16-22)24(28(35)37)15-20(17-30)27(36)31-18-23-8-4-14-38-23/h2-9,14-16H,10-13,18H2,1H3,(H,31,36). The van der Waals surface area contributed by atoms with Crippen molar-refractivity contribution in [1.29, 1.82) is 5.26 Å². The van der Waals surface area contributed by atoms with E-state index in [-0.39, 0.29) is 23.2 Å². The van der Waals surface area contributed by atoms with Crippen molar-refractivity contribution in [2.75, 3.05) is 36.0 Å². The molecule has 1 amide bonds. The van der Waals surface area contributed by atoms with Crippen molar-refractivity contribution >= 4 is 40.7 Å². The van der Waals surface area contributed by atoms with Crippen LogP contribution in [0, 0.1) is 18.3 Å². The number of furan rings is 1. The Labute approximate surface area is 224 Å². The van der Waals surface area contributed by atoms with Gasteiger partial charge < -0.3 is 19.5 Å². The van der Waals surface area contributed by atoms with Gasteiger partial charge >= 0.3 is 0 Å². The van der Waals surface area contributed by atoms with Crippen LogP contribution in [0.4, 0.5) is 11.5 Å². The van der Waals surface area contributed by atoms with E-state index >= 15 is 0 Å². The summed E-state index contributed by atoms with van der Waals surface area (Å²) in [6, 6.07) is 16.7. The van der Waals surface area contributed by atoms with Gasteiger partial charge in [0.25, 0.3) is 11.5 Å². The van der Waals surface area contributed by atoms with Gasteiger partial charge in [0, 0.05) is 43.1 Å². The molecule has 4 aromatic rings. The van der Waals surface area contributed by atoms with E-state index in [1.165, 1.54) is 16.7 Å². The SMILES string of the molecule is Cc1cccn2c(=O)c(C=C(C#N)C(=O)NCc3ccco3)c(N3CCN(c4cccc(Cl)c4)CC3)nc12. The van der Waals surface area contributed by atoms with Gasteiger partial charge in [-0.2, -0.15) is 5.26 Å². The van der Waals surface area contributed by atoms with Crippen LogP contribution in [0.3, 0.4) is 0 Å². The summed E-state index contributed by atoms with van der Waals surface area (Å²) in [5.41, 5.74) is 2.05. The highest BCUT2D eigenvalue weighted by molar-refractivity contribution is 6.30. The number of benzene rings is 1. The van der Waals surface area contributed by atoms with E-state index in [1.807, 2.05) is 48.2 Å². The molecule has 0 atom stereocenters. The van der Waals surface area contributed by atoms with E-state index in [9.17, 15) is 14.9 Å². The predicted molar refractivity (Wildman–Crippen MR) is 146 cm³/mol. The fourth-order valence-electron chi connectivity index (χ4n) is 4.49. The minimum Gasteiger partial charge on any atom is -0.467 e. The minimum atomic E-state index is -0.602. The second-order valence-electron chi connectivity index (χ2n) is 8.92. The number of pyridine rings is 1. The molecule has 0 spiro atoms. The van der Waals surface area contributed by atoms with E-state index in [2.05, 4.69) is 10.2 Å². The van der Waals surface area contributed by atoms with Gasteiger partial charge in [-0.05, 0) is 55.0 Å². The summed E-state index contributed by atoms with van der Waals surface area (Å²) < 4.78 is 6.69. The van der Waals surface area contributed by atoms with Crippen LogP contribution in [0.5, 0.6) is 0 Å². The summed E-state index contributed by atoms with van der Waals surface area (Å²) in [7, 11) is 0. The lowest BCUT2D eigenvalue weighted by molar-refractivity contribution is -0.117. The number of hydrogen-bond acceptors (Lipinski definition) is 7. The Kier molecular flexibility index (Phi) is 7.15. The average Bonchev–Trinajstić information content (AvgIpc) is 3.46. The maximum absolute atomic E-state index is 13.7. The molecule has 1 saturated heterocycles. The Balaban J connectivity index is 1.49. The number of fused-ring (bicyclic) bond motifs is 1. The van der Waals surface area contributed by atoms with Crippen LogP contribution in [0.25, 0.3) is 11.7 Å². The van der Waals surface area contributed by atoms with E-state index in [0.717, 1.165) is 11.3 Å². The van der Waals surface area contributed by atoms with Crippen molar-refractivity contribution in [3.63, 3.8) is 0 Å². The molecule has 10 heteroatoms. The number of carbonyl (C=O) groups is 1. The molecule has 9 nitrogen and oxygen atoms in total. The van der Waals surface area contributed by atoms with Crippen LogP contribution in [0.1, 0.15) is 16.9 Å². The highest BCUT2D eigenvalue weighted by atomic mass is 35.5. The van der Waals surface area contributed by atoms with Gasteiger partial charge in [0.15, 0.2) is 0 Å². The first kappa shape index (κ1) is 25.1. The largest absolute Gasteiger partial charge is 0.467 e. The predicted octanol–water partition coefficient (Wildman–Crippen LogP) is 3.80. The lowest BCUT2D eigenvalue weighted by Gasteiger charge is -2.37. The first-order valence-corrected chi connectivity index (χ1v) is 12.5. The quantitative estimate of drug-likeness (QED) is 0.299. The van der Waals surface area contributed by atoms with Crippen LogP contribution in [-0.2, 0) is 11.3 Å². The summed E-state index contributed by atoms with van der Waals surface area (Å²) in [5.74, 6) is 0.396. The Morgan fingerprint density at radius 2 is 1.95 bits per heavy atom. The smallest absolute Gasteiger partial charge is 0.267 e. The second-order valence-corrected chi connectivity index (χ2v) is 9.36. The van der Waals surface area contributed by atoms with Crippen molar-refractivity contribution in [2.24, 2.45) is 0 Å². The zero-order valence-electron chi connectivity index (χ0n) is 20.7. The third kappa shape index (κ3) is 5.12. The topological polar surface area (TPSA) is 107 Å². The van der Waals surface area contributed by atoms with Gasteiger partial charge in [0.05, 0.1) is 18.4 Å². The zero-order valence-corrected chi connectivity index (χ0v) is 21.5. The molecular weight excluding hydrogens is 504 g/mol. The van der Waals surface area contributed by atoms with Crippen molar-refractivity contribution < 1.29 is 9.21 Å². The number of hydrogen-bond donors (Lipinski definition) is 1. The van der Waals surface area contributed by atoms with Gasteiger partial charge in [-0.15, -0.1) is 0 Å². The molecule has 1 aromatic carbocycles. The second kappa shape index (κ2) is 10.8. The van der Waals surface area contributed by atoms with Gasteiger partial charge in [-0.25, -0.2) is 4.98 Å². The summed E-state index contributed by atoms with van der Waals surface area (Å²) >= 11 is 6.18. The molecule has 1 aliphatic heterocycles. The van der Waals surface area contributed by atoms with Crippen molar-refractivity contribution in [3.8, 4) is 6.07 Å².